The third-order valence-electron chi connectivity index (χ3n) is 4.83. The van der Waals surface area contributed by atoms with E-state index in [0.717, 1.165) is 11.1 Å². The molecule has 0 atom stereocenters. The van der Waals surface area contributed by atoms with E-state index < -0.39 is 5.82 Å². The largest absolute Gasteiger partial charge is 0.484 e. The van der Waals surface area contributed by atoms with Crippen molar-refractivity contribution in [3.05, 3.63) is 65.0 Å². The van der Waals surface area contributed by atoms with Gasteiger partial charge < -0.3 is 14.5 Å². The Kier molecular flexibility index (Phi) is 5.74. The highest BCUT2D eigenvalue weighted by molar-refractivity contribution is 5.94. The first-order valence-corrected chi connectivity index (χ1v) is 8.97. The van der Waals surface area contributed by atoms with Gasteiger partial charge in [-0.3, -0.25) is 9.59 Å². The Morgan fingerprint density at radius 2 is 1.67 bits per heavy atom. The fourth-order valence-electron chi connectivity index (χ4n) is 3.01. The van der Waals surface area contributed by atoms with Crippen LogP contribution in [0.25, 0.3) is 0 Å². The van der Waals surface area contributed by atoms with Crippen LogP contribution in [-0.2, 0) is 4.79 Å². The normalized spacial score (nSPS) is 14.2. The highest BCUT2D eigenvalue weighted by Crippen LogP contribution is 2.15. The molecule has 0 spiro atoms. The van der Waals surface area contributed by atoms with Crippen LogP contribution in [0.2, 0.25) is 0 Å². The summed E-state index contributed by atoms with van der Waals surface area (Å²) in [7, 11) is 0. The van der Waals surface area contributed by atoms with Gasteiger partial charge in [0.2, 0.25) is 0 Å². The Hall–Kier alpha value is -2.89. The first kappa shape index (κ1) is 18.9. The monoisotopic (exact) mass is 370 g/mol. The molecule has 27 heavy (non-hydrogen) atoms. The summed E-state index contributed by atoms with van der Waals surface area (Å²) in [6.07, 6.45) is 0. The molecule has 0 saturated carbocycles. The molecule has 0 aliphatic carbocycles. The molecule has 3 rings (SSSR count). The predicted molar refractivity (Wildman–Crippen MR) is 100 cm³/mol. The number of aryl methyl sites for hydroxylation is 2. The molecule has 2 aromatic carbocycles. The van der Waals surface area contributed by atoms with E-state index >= 15 is 0 Å². The zero-order chi connectivity index (χ0) is 19.4. The van der Waals surface area contributed by atoms with Gasteiger partial charge in [-0.15, -0.1) is 0 Å². The second kappa shape index (κ2) is 8.20. The Bertz CT molecular complexity index is 845. The summed E-state index contributed by atoms with van der Waals surface area (Å²) < 4.78 is 18.5. The molecule has 1 fully saturated rings. The van der Waals surface area contributed by atoms with Crippen LogP contribution in [0.4, 0.5) is 4.39 Å². The fourth-order valence-corrected chi connectivity index (χ4v) is 3.01. The van der Waals surface area contributed by atoms with E-state index in [1.165, 1.54) is 18.2 Å². The van der Waals surface area contributed by atoms with Crippen LogP contribution in [0, 0.1) is 19.7 Å². The molecule has 0 aromatic heterocycles. The number of benzene rings is 2. The number of hydrogen-bond donors (Lipinski definition) is 0. The lowest BCUT2D eigenvalue weighted by molar-refractivity contribution is -0.134. The fraction of sp³-hybridized carbons (Fsp3) is 0.333. The minimum atomic E-state index is -0.404. The van der Waals surface area contributed by atoms with Gasteiger partial charge in [0.1, 0.15) is 11.6 Å². The number of nitrogens with zero attached hydrogens (tertiary/aromatic N) is 2. The number of amides is 2. The highest BCUT2D eigenvalue weighted by Gasteiger charge is 2.25. The number of hydrogen-bond acceptors (Lipinski definition) is 3. The lowest BCUT2D eigenvalue weighted by atomic mass is 10.1. The molecule has 2 aromatic rings. The first-order valence-electron chi connectivity index (χ1n) is 8.97. The molecular formula is C21H23FN2O3. The summed E-state index contributed by atoms with van der Waals surface area (Å²) in [4.78, 5) is 28.4. The summed E-state index contributed by atoms with van der Waals surface area (Å²) in [5.41, 5.74) is 2.91. The van der Waals surface area contributed by atoms with Crippen molar-refractivity contribution in [3.63, 3.8) is 0 Å². The van der Waals surface area contributed by atoms with Crippen molar-refractivity contribution >= 4 is 11.8 Å². The standard InChI is InChI=1S/C21H23FN2O3/c1-15-6-7-17(12-16(15)2)21(26)24-10-8-23(9-11-24)20(25)14-27-19-5-3-4-18(22)13-19/h3-7,12-13H,8-11,14H2,1-2H3. The number of carbonyl (C=O) groups is 2. The number of halogens is 1. The van der Waals surface area contributed by atoms with E-state index in [2.05, 4.69) is 0 Å². The lowest BCUT2D eigenvalue weighted by Crippen LogP contribution is -2.51. The van der Waals surface area contributed by atoms with Crippen molar-refractivity contribution in [2.24, 2.45) is 0 Å². The molecule has 0 unspecified atom stereocenters. The quantitative estimate of drug-likeness (QED) is 0.832. The predicted octanol–water partition coefficient (Wildman–Crippen LogP) is 2.81. The van der Waals surface area contributed by atoms with Gasteiger partial charge in [0, 0.05) is 37.8 Å². The van der Waals surface area contributed by atoms with Crippen LogP contribution in [-0.4, -0.2) is 54.4 Å². The van der Waals surface area contributed by atoms with Crippen molar-refractivity contribution in [3.8, 4) is 5.75 Å². The van der Waals surface area contributed by atoms with Gasteiger partial charge in [-0.05, 0) is 49.2 Å². The van der Waals surface area contributed by atoms with Gasteiger partial charge in [-0.1, -0.05) is 12.1 Å². The summed E-state index contributed by atoms with van der Waals surface area (Å²) in [5.74, 6) is -0.260. The summed E-state index contributed by atoms with van der Waals surface area (Å²) in [6, 6.07) is 11.4. The van der Waals surface area contributed by atoms with E-state index in [0.29, 0.717) is 37.5 Å². The van der Waals surface area contributed by atoms with Crippen molar-refractivity contribution in [1.82, 2.24) is 9.80 Å². The number of ether oxygens (including phenoxy) is 1. The zero-order valence-electron chi connectivity index (χ0n) is 15.6. The average molecular weight is 370 g/mol. The summed E-state index contributed by atoms with van der Waals surface area (Å²) in [5, 5.41) is 0. The minimum Gasteiger partial charge on any atom is -0.484 e. The molecule has 0 bridgehead atoms. The average Bonchev–Trinajstić information content (AvgIpc) is 2.68. The minimum absolute atomic E-state index is 0.0128. The molecule has 1 aliphatic heterocycles. The van der Waals surface area contributed by atoms with Crippen molar-refractivity contribution in [1.29, 1.82) is 0 Å². The highest BCUT2D eigenvalue weighted by atomic mass is 19.1. The Labute approximate surface area is 158 Å². The molecule has 2 amide bonds. The van der Waals surface area contributed by atoms with E-state index in [9.17, 15) is 14.0 Å². The molecular weight excluding hydrogens is 347 g/mol. The Balaban J connectivity index is 1.51. The Morgan fingerprint density at radius 1 is 0.963 bits per heavy atom. The zero-order valence-corrected chi connectivity index (χ0v) is 15.6. The second-order valence-electron chi connectivity index (χ2n) is 6.72. The molecule has 1 saturated heterocycles. The summed E-state index contributed by atoms with van der Waals surface area (Å²) >= 11 is 0. The second-order valence-corrected chi connectivity index (χ2v) is 6.72. The van der Waals surface area contributed by atoms with Crippen LogP contribution in [0.1, 0.15) is 21.5 Å². The molecule has 142 valence electrons. The van der Waals surface area contributed by atoms with Gasteiger partial charge in [0.05, 0.1) is 0 Å². The van der Waals surface area contributed by atoms with Crippen LogP contribution in [0.15, 0.2) is 42.5 Å². The van der Waals surface area contributed by atoms with Gasteiger partial charge in [-0.2, -0.15) is 0 Å². The van der Waals surface area contributed by atoms with Crippen LogP contribution < -0.4 is 4.74 Å². The van der Waals surface area contributed by atoms with E-state index in [1.54, 1.807) is 15.9 Å². The van der Waals surface area contributed by atoms with Crippen molar-refractivity contribution in [2.45, 2.75) is 13.8 Å². The topological polar surface area (TPSA) is 49.9 Å². The molecule has 5 nitrogen and oxygen atoms in total. The first-order chi connectivity index (χ1) is 12.9. The smallest absolute Gasteiger partial charge is 0.260 e. The van der Waals surface area contributed by atoms with E-state index in [-0.39, 0.29) is 18.4 Å². The molecule has 1 aliphatic rings. The van der Waals surface area contributed by atoms with Gasteiger partial charge in [0.15, 0.2) is 6.61 Å². The summed E-state index contributed by atoms with van der Waals surface area (Å²) in [6.45, 7) is 5.74. The molecule has 0 radical (unpaired) electrons. The van der Waals surface area contributed by atoms with Crippen molar-refractivity contribution in [2.75, 3.05) is 32.8 Å². The van der Waals surface area contributed by atoms with Crippen LogP contribution >= 0.6 is 0 Å². The molecule has 0 N–H and O–H groups in total. The van der Waals surface area contributed by atoms with Gasteiger partial charge >= 0.3 is 0 Å². The lowest BCUT2D eigenvalue weighted by Gasteiger charge is -2.34. The Morgan fingerprint density at radius 3 is 2.33 bits per heavy atom. The van der Waals surface area contributed by atoms with Crippen LogP contribution in [0.3, 0.4) is 0 Å². The van der Waals surface area contributed by atoms with Crippen molar-refractivity contribution < 1.29 is 18.7 Å². The third-order valence-corrected chi connectivity index (χ3v) is 4.83. The molecule has 1 heterocycles. The van der Waals surface area contributed by atoms with E-state index in [1.807, 2.05) is 32.0 Å². The van der Waals surface area contributed by atoms with Crippen LogP contribution in [0.5, 0.6) is 5.75 Å². The van der Waals surface area contributed by atoms with E-state index in [4.69, 9.17) is 4.74 Å². The van der Waals surface area contributed by atoms with Gasteiger partial charge in [0.25, 0.3) is 11.8 Å². The number of carbonyl (C=O) groups excluding carboxylic acids is 2. The SMILES string of the molecule is Cc1ccc(C(=O)N2CCN(C(=O)COc3cccc(F)c3)CC2)cc1C. The van der Waals surface area contributed by atoms with Gasteiger partial charge in [-0.25, -0.2) is 4.39 Å². The maximum atomic E-state index is 13.1. The third kappa shape index (κ3) is 4.64. The maximum Gasteiger partial charge on any atom is 0.260 e. The number of rotatable bonds is 4. The maximum absolute atomic E-state index is 13.1. The number of piperazine rings is 1. The molecule has 6 heteroatoms.